The first kappa shape index (κ1) is 3.81. The maximum Gasteiger partial charge on any atom is 0.213 e. The molecule has 0 aromatic rings. The minimum absolute atomic E-state index is 0.514. The third-order valence-corrected chi connectivity index (χ3v) is 0.828. The largest absolute Gasteiger partial charge is 0.293 e. The van der Waals surface area contributed by atoms with Crippen LogP contribution in [-0.4, -0.2) is 30.8 Å². The maximum atomic E-state index is 9.49. The Morgan fingerprint density at radius 1 is 1.67 bits per heavy atom. The molecule has 0 N–H and O–H groups in total. The molecule has 0 spiro atoms. The van der Waals surface area contributed by atoms with Gasteiger partial charge in [-0.25, -0.2) is 0 Å². The van der Waals surface area contributed by atoms with E-state index < -0.39 is 0 Å². The Labute approximate surface area is 36.7 Å². The third kappa shape index (κ3) is 0.792. The van der Waals surface area contributed by atoms with Gasteiger partial charge in [0.1, 0.15) is 0 Å². The van der Waals surface area contributed by atoms with Gasteiger partial charge in [-0.05, 0) is 0 Å². The topological polar surface area (TPSA) is 20.1 Å². The van der Waals surface area contributed by atoms with Gasteiger partial charge in [0.15, 0.2) is 0 Å². The van der Waals surface area contributed by atoms with Crippen molar-refractivity contribution in [2.75, 3.05) is 19.6 Å². The SMILES string of the molecule is O=[C]CN1CC1. The van der Waals surface area contributed by atoms with Crippen LogP contribution in [0.25, 0.3) is 0 Å². The Hall–Kier alpha value is -0.370. The van der Waals surface area contributed by atoms with E-state index in [2.05, 4.69) is 0 Å². The molecule has 0 amide bonds. The van der Waals surface area contributed by atoms with Crippen LogP contribution in [0.1, 0.15) is 0 Å². The van der Waals surface area contributed by atoms with Gasteiger partial charge in [0, 0.05) is 13.1 Å². The fraction of sp³-hybridized carbons (Fsp3) is 0.750. The number of hydrogen-bond acceptors (Lipinski definition) is 2. The highest BCUT2D eigenvalue weighted by Gasteiger charge is 2.14. The lowest BCUT2D eigenvalue weighted by Crippen LogP contribution is -1.97. The smallest absolute Gasteiger partial charge is 0.213 e. The Morgan fingerprint density at radius 3 is 2.50 bits per heavy atom. The Bertz CT molecular complexity index is 58.6. The van der Waals surface area contributed by atoms with Crippen LogP contribution in [0.4, 0.5) is 0 Å². The summed E-state index contributed by atoms with van der Waals surface area (Å²) in [6.07, 6.45) is 1.81. The summed E-state index contributed by atoms with van der Waals surface area (Å²) >= 11 is 0. The van der Waals surface area contributed by atoms with Crippen molar-refractivity contribution in [3.05, 3.63) is 0 Å². The highest BCUT2D eigenvalue weighted by Crippen LogP contribution is 1.98. The minimum Gasteiger partial charge on any atom is -0.293 e. The van der Waals surface area contributed by atoms with Crippen LogP contribution in [0.15, 0.2) is 0 Å². The van der Waals surface area contributed by atoms with E-state index in [4.69, 9.17) is 0 Å². The Balaban J connectivity index is 2.00. The van der Waals surface area contributed by atoms with Crippen LogP contribution >= 0.6 is 0 Å². The summed E-state index contributed by atoms with van der Waals surface area (Å²) < 4.78 is 0. The number of carbonyl (C=O) groups excluding carboxylic acids is 1. The van der Waals surface area contributed by atoms with Crippen molar-refractivity contribution in [2.24, 2.45) is 0 Å². The fourth-order valence-corrected chi connectivity index (χ4v) is 0.320. The first-order valence-electron chi connectivity index (χ1n) is 2.01. The molecule has 1 aliphatic heterocycles. The molecule has 0 aromatic heterocycles. The molecule has 1 rings (SSSR count). The summed E-state index contributed by atoms with van der Waals surface area (Å²) in [5.74, 6) is 0. The average molecular weight is 84.1 g/mol. The molecular weight excluding hydrogens is 78.0 g/mol. The standard InChI is InChI=1S/C4H6NO/c6-4-3-5-1-2-5/h1-3H2. The minimum atomic E-state index is 0.514. The van der Waals surface area contributed by atoms with Crippen LogP contribution in [0.5, 0.6) is 0 Å². The summed E-state index contributed by atoms with van der Waals surface area (Å²) in [6.45, 7) is 2.70. The molecule has 0 aromatic carbocycles. The van der Waals surface area contributed by atoms with Gasteiger partial charge in [-0.3, -0.25) is 9.69 Å². The normalized spacial score (nSPS) is 20.7. The lowest BCUT2D eigenvalue weighted by molar-refractivity contribution is 0.530. The predicted octanol–water partition coefficient (Wildman–Crippen LogP) is -0.588. The molecule has 0 unspecified atom stereocenters. The maximum absolute atomic E-state index is 9.49. The van der Waals surface area contributed by atoms with E-state index in [-0.39, 0.29) is 0 Å². The molecule has 1 aliphatic rings. The van der Waals surface area contributed by atoms with E-state index in [9.17, 15) is 4.79 Å². The Kier molecular flexibility index (Phi) is 0.881. The van der Waals surface area contributed by atoms with Crippen LogP contribution in [0.3, 0.4) is 0 Å². The summed E-state index contributed by atoms with van der Waals surface area (Å²) in [4.78, 5) is 11.5. The van der Waals surface area contributed by atoms with Gasteiger partial charge in [0.2, 0.25) is 6.29 Å². The number of hydrogen-bond donors (Lipinski definition) is 0. The molecule has 1 saturated heterocycles. The highest BCUT2D eigenvalue weighted by atomic mass is 16.1. The monoisotopic (exact) mass is 84.0 g/mol. The molecule has 6 heavy (non-hydrogen) atoms. The summed E-state index contributed by atoms with van der Waals surface area (Å²) in [5, 5.41) is 0. The van der Waals surface area contributed by atoms with Gasteiger partial charge >= 0.3 is 0 Å². The molecule has 33 valence electrons. The zero-order valence-corrected chi connectivity index (χ0v) is 3.48. The van der Waals surface area contributed by atoms with E-state index >= 15 is 0 Å². The van der Waals surface area contributed by atoms with E-state index in [1.54, 1.807) is 6.29 Å². The molecule has 1 radical (unpaired) electrons. The molecule has 0 aliphatic carbocycles. The Morgan fingerprint density at radius 2 is 2.33 bits per heavy atom. The second kappa shape index (κ2) is 1.39. The lowest BCUT2D eigenvalue weighted by Gasteiger charge is -1.80. The molecule has 0 saturated carbocycles. The second-order valence-corrected chi connectivity index (χ2v) is 1.42. The van der Waals surface area contributed by atoms with Gasteiger partial charge in [0.05, 0.1) is 6.54 Å². The van der Waals surface area contributed by atoms with Gasteiger partial charge < -0.3 is 0 Å². The molecule has 1 fully saturated rings. The number of rotatable bonds is 2. The molecular formula is C4H6NO. The van der Waals surface area contributed by atoms with Gasteiger partial charge in [0.25, 0.3) is 0 Å². The molecule has 1 heterocycles. The number of nitrogens with zero attached hydrogens (tertiary/aromatic N) is 1. The summed E-state index contributed by atoms with van der Waals surface area (Å²) in [5.41, 5.74) is 0. The first-order valence-corrected chi connectivity index (χ1v) is 2.01. The van der Waals surface area contributed by atoms with Gasteiger partial charge in [-0.15, -0.1) is 0 Å². The van der Waals surface area contributed by atoms with Gasteiger partial charge in [-0.1, -0.05) is 0 Å². The zero-order chi connectivity index (χ0) is 4.41. The van der Waals surface area contributed by atoms with E-state index in [0.29, 0.717) is 6.54 Å². The van der Waals surface area contributed by atoms with Crippen molar-refractivity contribution in [3.8, 4) is 0 Å². The van der Waals surface area contributed by atoms with E-state index in [0.717, 1.165) is 13.1 Å². The summed E-state index contributed by atoms with van der Waals surface area (Å²) in [6, 6.07) is 0. The van der Waals surface area contributed by atoms with Gasteiger partial charge in [-0.2, -0.15) is 0 Å². The fourth-order valence-electron chi connectivity index (χ4n) is 0.320. The predicted molar refractivity (Wildman–Crippen MR) is 22.1 cm³/mol. The quantitative estimate of drug-likeness (QED) is 0.417. The van der Waals surface area contributed by atoms with E-state index in [1.165, 1.54) is 0 Å². The molecule has 2 heteroatoms. The van der Waals surface area contributed by atoms with Crippen molar-refractivity contribution >= 4 is 6.29 Å². The average Bonchev–Trinajstić information content (AvgIpc) is 2.21. The van der Waals surface area contributed by atoms with Crippen LogP contribution in [0, 0.1) is 0 Å². The third-order valence-electron chi connectivity index (χ3n) is 0.828. The molecule has 0 atom stereocenters. The molecule has 0 bridgehead atoms. The lowest BCUT2D eigenvalue weighted by atomic mass is 10.7. The molecule has 2 nitrogen and oxygen atoms in total. The second-order valence-electron chi connectivity index (χ2n) is 1.42. The highest BCUT2D eigenvalue weighted by molar-refractivity contribution is 5.53. The van der Waals surface area contributed by atoms with Crippen molar-refractivity contribution in [1.82, 2.24) is 4.90 Å². The zero-order valence-electron chi connectivity index (χ0n) is 3.48. The van der Waals surface area contributed by atoms with Crippen molar-refractivity contribution < 1.29 is 4.79 Å². The van der Waals surface area contributed by atoms with E-state index in [1.807, 2.05) is 4.90 Å². The van der Waals surface area contributed by atoms with Crippen molar-refractivity contribution in [3.63, 3.8) is 0 Å². The van der Waals surface area contributed by atoms with Crippen LogP contribution in [-0.2, 0) is 4.79 Å². The van der Waals surface area contributed by atoms with Crippen molar-refractivity contribution in [2.45, 2.75) is 0 Å². The van der Waals surface area contributed by atoms with Crippen LogP contribution < -0.4 is 0 Å². The first-order chi connectivity index (χ1) is 2.93. The van der Waals surface area contributed by atoms with Crippen LogP contribution in [0.2, 0.25) is 0 Å². The summed E-state index contributed by atoms with van der Waals surface area (Å²) in [7, 11) is 0. The van der Waals surface area contributed by atoms with Crippen molar-refractivity contribution in [1.29, 1.82) is 0 Å².